The first-order valence-electron chi connectivity index (χ1n) is 8.93. The molecule has 1 aliphatic heterocycles. The number of aliphatic hydroxyl groups is 1. The second-order valence-electron chi connectivity index (χ2n) is 6.43. The van der Waals surface area contributed by atoms with Crippen LogP contribution in [0.1, 0.15) is 41.1 Å². The van der Waals surface area contributed by atoms with Crippen LogP contribution in [0.5, 0.6) is 0 Å². The fourth-order valence-corrected chi connectivity index (χ4v) is 3.24. The monoisotopic (exact) mass is 339 g/mol. The second-order valence-corrected chi connectivity index (χ2v) is 6.43. The minimum atomic E-state index is -0.126. The molecule has 1 fully saturated rings. The van der Waals surface area contributed by atoms with Gasteiger partial charge >= 0.3 is 0 Å². The van der Waals surface area contributed by atoms with E-state index in [4.69, 9.17) is 0 Å². The van der Waals surface area contributed by atoms with Crippen molar-refractivity contribution in [1.82, 2.24) is 10.3 Å². The maximum absolute atomic E-state index is 12.4. The molecule has 1 atom stereocenters. The standard InChI is InChI=1S/C20H25N3O2/c24-13-10-17(16-6-2-1-3-7-16)14-22-20(25)18-8-9-19(21-15-18)23-11-4-5-12-23/h1-3,6-9,15,17,24H,4-5,10-14H2,(H,22,25). The van der Waals surface area contributed by atoms with Crippen LogP contribution in [0.3, 0.4) is 0 Å². The molecule has 1 aromatic heterocycles. The first-order valence-corrected chi connectivity index (χ1v) is 8.93. The molecule has 5 nitrogen and oxygen atoms in total. The molecule has 2 heterocycles. The fraction of sp³-hybridized carbons (Fsp3) is 0.400. The van der Waals surface area contributed by atoms with E-state index < -0.39 is 0 Å². The van der Waals surface area contributed by atoms with Crippen LogP contribution in [0.2, 0.25) is 0 Å². The summed E-state index contributed by atoms with van der Waals surface area (Å²) >= 11 is 0. The molecule has 5 heteroatoms. The highest BCUT2D eigenvalue weighted by Gasteiger charge is 2.16. The summed E-state index contributed by atoms with van der Waals surface area (Å²) in [4.78, 5) is 19.1. The molecule has 132 valence electrons. The number of aliphatic hydroxyl groups excluding tert-OH is 1. The lowest BCUT2D eigenvalue weighted by atomic mass is 9.96. The molecule has 3 rings (SSSR count). The van der Waals surface area contributed by atoms with Crippen molar-refractivity contribution in [3.63, 3.8) is 0 Å². The van der Waals surface area contributed by atoms with E-state index in [9.17, 15) is 9.90 Å². The predicted octanol–water partition coefficient (Wildman–Crippen LogP) is 2.58. The van der Waals surface area contributed by atoms with Crippen molar-refractivity contribution in [1.29, 1.82) is 0 Å². The molecular formula is C20H25N3O2. The molecular weight excluding hydrogens is 314 g/mol. The number of hydrogen-bond acceptors (Lipinski definition) is 4. The lowest BCUT2D eigenvalue weighted by molar-refractivity contribution is 0.0949. The van der Waals surface area contributed by atoms with Gasteiger partial charge in [0.15, 0.2) is 0 Å². The Morgan fingerprint density at radius 2 is 1.92 bits per heavy atom. The van der Waals surface area contributed by atoms with Gasteiger partial charge in [-0.25, -0.2) is 4.98 Å². The van der Waals surface area contributed by atoms with Crippen molar-refractivity contribution < 1.29 is 9.90 Å². The molecule has 1 amide bonds. The van der Waals surface area contributed by atoms with Crippen molar-refractivity contribution >= 4 is 11.7 Å². The highest BCUT2D eigenvalue weighted by molar-refractivity contribution is 5.94. The topological polar surface area (TPSA) is 65.5 Å². The molecule has 1 aromatic carbocycles. The van der Waals surface area contributed by atoms with Crippen LogP contribution in [0.4, 0.5) is 5.82 Å². The smallest absolute Gasteiger partial charge is 0.252 e. The van der Waals surface area contributed by atoms with Crippen molar-refractivity contribution in [3.05, 3.63) is 59.8 Å². The van der Waals surface area contributed by atoms with Crippen LogP contribution < -0.4 is 10.2 Å². The van der Waals surface area contributed by atoms with E-state index in [0.29, 0.717) is 18.5 Å². The lowest BCUT2D eigenvalue weighted by Gasteiger charge is -2.18. The van der Waals surface area contributed by atoms with Crippen LogP contribution in [0.15, 0.2) is 48.7 Å². The zero-order valence-electron chi connectivity index (χ0n) is 14.4. The molecule has 1 aliphatic rings. The van der Waals surface area contributed by atoms with Crippen molar-refractivity contribution in [2.45, 2.75) is 25.2 Å². The average molecular weight is 339 g/mol. The molecule has 25 heavy (non-hydrogen) atoms. The van der Waals surface area contributed by atoms with E-state index in [0.717, 1.165) is 24.5 Å². The summed E-state index contributed by atoms with van der Waals surface area (Å²) < 4.78 is 0. The maximum atomic E-state index is 12.4. The van der Waals surface area contributed by atoms with E-state index in [2.05, 4.69) is 15.2 Å². The van der Waals surface area contributed by atoms with E-state index in [1.54, 1.807) is 6.20 Å². The zero-order chi connectivity index (χ0) is 17.5. The molecule has 2 N–H and O–H groups in total. The second kappa shape index (κ2) is 8.62. The summed E-state index contributed by atoms with van der Waals surface area (Å²) in [5.74, 6) is 0.919. The normalized spacial score (nSPS) is 15.2. The number of carbonyl (C=O) groups is 1. The van der Waals surface area contributed by atoms with Gasteiger partial charge in [0, 0.05) is 38.4 Å². The number of rotatable bonds is 7. The first-order chi connectivity index (χ1) is 12.3. The number of aromatic nitrogens is 1. The van der Waals surface area contributed by atoms with Gasteiger partial charge in [-0.2, -0.15) is 0 Å². The number of nitrogens with zero attached hydrogens (tertiary/aromatic N) is 2. The summed E-state index contributed by atoms with van der Waals surface area (Å²) in [6.07, 6.45) is 4.67. The Bertz CT molecular complexity index is 667. The molecule has 0 radical (unpaired) electrons. The quantitative estimate of drug-likeness (QED) is 0.814. The molecule has 1 unspecified atom stereocenters. The molecule has 0 bridgehead atoms. The number of nitrogens with one attached hydrogen (secondary N) is 1. The highest BCUT2D eigenvalue weighted by atomic mass is 16.3. The number of carbonyl (C=O) groups excluding carboxylic acids is 1. The molecule has 2 aromatic rings. The largest absolute Gasteiger partial charge is 0.396 e. The average Bonchev–Trinajstić information content (AvgIpc) is 3.20. The summed E-state index contributed by atoms with van der Waals surface area (Å²) in [6.45, 7) is 2.68. The molecule has 0 spiro atoms. The van der Waals surface area contributed by atoms with Gasteiger partial charge in [0.25, 0.3) is 5.91 Å². The van der Waals surface area contributed by atoms with Crippen LogP contribution in [0.25, 0.3) is 0 Å². The summed E-state index contributed by atoms with van der Waals surface area (Å²) in [5, 5.41) is 12.3. The summed E-state index contributed by atoms with van der Waals surface area (Å²) in [5.41, 5.74) is 1.69. The number of hydrogen-bond donors (Lipinski definition) is 2. The van der Waals surface area contributed by atoms with Crippen molar-refractivity contribution in [2.24, 2.45) is 0 Å². The van der Waals surface area contributed by atoms with Crippen LogP contribution in [-0.4, -0.2) is 42.2 Å². The van der Waals surface area contributed by atoms with Crippen molar-refractivity contribution in [2.75, 3.05) is 31.1 Å². The van der Waals surface area contributed by atoms with Gasteiger partial charge in [-0.05, 0) is 37.0 Å². The van der Waals surface area contributed by atoms with Gasteiger partial charge in [0.1, 0.15) is 5.82 Å². The third kappa shape index (κ3) is 4.57. The van der Waals surface area contributed by atoms with Gasteiger partial charge in [-0.15, -0.1) is 0 Å². The predicted molar refractivity (Wildman–Crippen MR) is 98.9 cm³/mol. The lowest BCUT2D eigenvalue weighted by Crippen LogP contribution is -2.29. The summed E-state index contributed by atoms with van der Waals surface area (Å²) in [6, 6.07) is 13.7. The van der Waals surface area contributed by atoms with E-state index in [1.165, 1.54) is 12.8 Å². The zero-order valence-corrected chi connectivity index (χ0v) is 14.4. The Kier molecular flexibility index (Phi) is 6.01. The third-order valence-electron chi connectivity index (χ3n) is 4.70. The number of anilines is 1. The first kappa shape index (κ1) is 17.4. The Hall–Kier alpha value is -2.40. The Morgan fingerprint density at radius 3 is 2.56 bits per heavy atom. The molecule has 0 saturated carbocycles. The molecule has 0 aliphatic carbocycles. The van der Waals surface area contributed by atoms with Gasteiger partial charge < -0.3 is 15.3 Å². The Labute approximate surface area is 148 Å². The van der Waals surface area contributed by atoms with Gasteiger partial charge in [0.05, 0.1) is 5.56 Å². The Morgan fingerprint density at radius 1 is 1.16 bits per heavy atom. The number of amides is 1. The van der Waals surface area contributed by atoms with E-state index >= 15 is 0 Å². The summed E-state index contributed by atoms with van der Waals surface area (Å²) in [7, 11) is 0. The van der Waals surface area contributed by atoms with Crippen LogP contribution >= 0.6 is 0 Å². The highest BCUT2D eigenvalue weighted by Crippen LogP contribution is 2.19. The van der Waals surface area contributed by atoms with E-state index in [-0.39, 0.29) is 18.4 Å². The Balaban J connectivity index is 1.59. The van der Waals surface area contributed by atoms with Gasteiger partial charge in [0.2, 0.25) is 0 Å². The van der Waals surface area contributed by atoms with Crippen LogP contribution in [0, 0.1) is 0 Å². The maximum Gasteiger partial charge on any atom is 0.252 e. The fourth-order valence-electron chi connectivity index (χ4n) is 3.24. The minimum Gasteiger partial charge on any atom is -0.396 e. The number of benzene rings is 1. The third-order valence-corrected chi connectivity index (χ3v) is 4.70. The van der Waals surface area contributed by atoms with Crippen molar-refractivity contribution in [3.8, 4) is 0 Å². The van der Waals surface area contributed by atoms with Gasteiger partial charge in [-0.3, -0.25) is 4.79 Å². The van der Waals surface area contributed by atoms with Crippen LogP contribution in [-0.2, 0) is 0 Å². The number of pyridine rings is 1. The van der Waals surface area contributed by atoms with Gasteiger partial charge in [-0.1, -0.05) is 30.3 Å². The minimum absolute atomic E-state index is 0.0987. The van der Waals surface area contributed by atoms with E-state index in [1.807, 2.05) is 42.5 Å². The molecule has 1 saturated heterocycles. The SMILES string of the molecule is O=C(NCC(CCO)c1ccccc1)c1ccc(N2CCCC2)nc1.